The maximum Gasteiger partial charge on any atom is 0.128 e. The van der Waals surface area contributed by atoms with Gasteiger partial charge in [-0.1, -0.05) is 22.0 Å². The molecule has 2 rings (SSSR count). The number of halogens is 3. The molecule has 0 saturated carbocycles. The Balaban J connectivity index is 2.16. The molecule has 0 saturated heterocycles. The van der Waals surface area contributed by atoms with E-state index in [9.17, 15) is 8.78 Å². The van der Waals surface area contributed by atoms with Crippen LogP contribution in [0, 0.1) is 11.6 Å². The summed E-state index contributed by atoms with van der Waals surface area (Å²) in [6, 6.07) is 8.59. The zero-order valence-electron chi connectivity index (χ0n) is 10.00. The number of hydrogen-bond acceptors (Lipinski definition) is 2. The zero-order valence-corrected chi connectivity index (χ0v) is 11.6. The Morgan fingerprint density at radius 3 is 2.47 bits per heavy atom. The maximum absolute atomic E-state index is 13.2. The Labute approximate surface area is 118 Å². The second kappa shape index (κ2) is 6.12. The van der Waals surface area contributed by atoms with Crippen LogP contribution in [-0.2, 0) is 13.2 Å². The van der Waals surface area contributed by atoms with Crippen molar-refractivity contribution in [3.8, 4) is 5.75 Å². The fourth-order valence-electron chi connectivity index (χ4n) is 1.70. The van der Waals surface area contributed by atoms with E-state index in [2.05, 4.69) is 15.9 Å². The summed E-state index contributed by atoms with van der Waals surface area (Å²) < 4.78 is 32.4. The largest absolute Gasteiger partial charge is 0.489 e. The van der Waals surface area contributed by atoms with Crippen molar-refractivity contribution < 1.29 is 13.5 Å². The Hall–Kier alpha value is -1.46. The molecule has 2 aromatic rings. The van der Waals surface area contributed by atoms with E-state index in [1.54, 1.807) is 12.1 Å². The lowest BCUT2D eigenvalue weighted by Crippen LogP contribution is -2.05. The van der Waals surface area contributed by atoms with Crippen LogP contribution in [-0.4, -0.2) is 0 Å². The van der Waals surface area contributed by atoms with E-state index in [1.807, 2.05) is 0 Å². The minimum Gasteiger partial charge on any atom is -0.489 e. The highest BCUT2D eigenvalue weighted by Crippen LogP contribution is 2.22. The third kappa shape index (κ3) is 3.75. The molecule has 0 aliphatic heterocycles. The van der Waals surface area contributed by atoms with Crippen LogP contribution in [0.3, 0.4) is 0 Å². The van der Waals surface area contributed by atoms with Crippen LogP contribution in [0.2, 0.25) is 0 Å². The van der Waals surface area contributed by atoms with Crippen molar-refractivity contribution in [2.24, 2.45) is 5.73 Å². The molecular weight excluding hydrogens is 316 g/mol. The van der Waals surface area contributed by atoms with Crippen LogP contribution in [0.15, 0.2) is 40.9 Å². The number of ether oxygens (including phenoxy) is 1. The first kappa shape index (κ1) is 14.0. The molecule has 0 amide bonds. The standard InChI is InChI=1S/C14H12BrF2NO/c15-11-4-13(17)6-14(5-11)19-8-10-3-12(16)2-1-9(10)7-18/h1-6H,7-8,18H2. The number of benzene rings is 2. The monoisotopic (exact) mass is 327 g/mol. The van der Waals surface area contributed by atoms with Crippen molar-refractivity contribution >= 4 is 15.9 Å². The van der Waals surface area contributed by atoms with Crippen molar-refractivity contribution in [3.05, 3.63) is 63.6 Å². The van der Waals surface area contributed by atoms with E-state index in [4.69, 9.17) is 10.5 Å². The highest BCUT2D eigenvalue weighted by atomic mass is 79.9. The molecule has 100 valence electrons. The molecule has 2 aromatic carbocycles. The molecule has 0 radical (unpaired) electrons. The molecule has 0 heterocycles. The lowest BCUT2D eigenvalue weighted by Gasteiger charge is -2.10. The summed E-state index contributed by atoms with van der Waals surface area (Å²) in [5.74, 6) is -0.377. The van der Waals surface area contributed by atoms with Gasteiger partial charge in [0.15, 0.2) is 0 Å². The summed E-state index contributed by atoms with van der Waals surface area (Å²) in [4.78, 5) is 0. The third-order valence-electron chi connectivity index (χ3n) is 2.62. The SMILES string of the molecule is NCc1ccc(F)cc1COc1cc(F)cc(Br)c1. The van der Waals surface area contributed by atoms with Gasteiger partial charge in [-0.15, -0.1) is 0 Å². The lowest BCUT2D eigenvalue weighted by molar-refractivity contribution is 0.302. The first-order valence-corrected chi connectivity index (χ1v) is 6.44. The van der Waals surface area contributed by atoms with Gasteiger partial charge in [0.1, 0.15) is 24.0 Å². The zero-order chi connectivity index (χ0) is 13.8. The highest BCUT2D eigenvalue weighted by molar-refractivity contribution is 9.10. The predicted molar refractivity (Wildman–Crippen MR) is 72.7 cm³/mol. The summed E-state index contributed by atoms with van der Waals surface area (Å²) in [6.45, 7) is 0.437. The van der Waals surface area contributed by atoms with Crippen molar-refractivity contribution in [3.63, 3.8) is 0 Å². The molecule has 0 aromatic heterocycles. The van der Waals surface area contributed by atoms with E-state index in [1.165, 1.54) is 24.3 Å². The van der Waals surface area contributed by atoms with Gasteiger partial charge in [0.05, 0.1) is 0 Å². The molecule has 0 atom stereocenters. The molecule has 0 unspecified atom stereocenters. The fourth-order valence-corrected chi connectivity index (χ4v) is 2.15. The lowest BCUT2D eigenvalue weighted by atomic mass is 10.1. The maximum atomic E-state index is 13.2. The van der Waals surface area contributed by atoms with Crippen LogP contribution in [0.5, 0.6) is 5.75 Å². The van der Waals surface area contributed by atoms with E-state index in [0.29, 0.717) is 22.3 Å². The molecule has 0 aliphatic rings. The van der Waals surface area contributed by atoms with E-state index in [-0.39, 0.29) is 12.4 Å². The third-order valence-corrected chi connectivity index (χ3v) is 3.08. The van der Waals surface area contributed by atoms with Crippen molar-refractivity contribution in [1.82, 2.24) is 0 Å². The van der Waals surface area contributed by atoms with Gasteiger partial charge >= 0.3 is 0 Å². The smallest absolute Gasteiger partial charge is 0.128 e. The molecule has 0 bridgehead atoms. The predicted octanol–water partition coefficient (Wildman–Crippen LogP) is 3.77. The fraction of sp³-hybridized carbons (Fsp3) is 0.143. The molecule has 2 nitrogen and oxygen atoms in total. The Bertz CT molecular complexity index is 569. The quantitative estimate of drug-likeness (QED) is 0.927. The average Bonchev–Trinajstić information content (AvgIpc) is 2.35. The molecule has 2 N–H and O–H groups in total. The number of hydrogen-bond donors (Lipinski definition) is 1. The summed E-state index contributed by atoms with van der Waals surface area (Å²) >= 11 is 3.18. The van der Waals surface area contributed by atoms with Crippen LogP contribution in [0.4, 0.5) is 8.78 Å². The van der Waals surface area contributed by atoms with Gasteiger partial charge in [0.2, 0.25) is 0 Å². The molecule has 0 fully saturated rings. The van der Waals surface area contributed by atoms with Gasteiger partial charge in [-0.05, 0) is 35.4 Å². The molecule has 5 heteroatoms. The normalized spacial score (nSPS) is 10.5. The van der Waals surface area contributed by atoms with Gasteiger partial charge in [-0.25, -0.2) is 8.78 Å². The second-order valence-electron chi connectivity index (χ2n) is 4.01. The first-order valence-electron chi connectivity index (χ1n) is 5.65. The summed E-state index contributed by atoms with van der Waals surface area (Å²) in [7, 11) is 0. The highest BCUT2D eigenvalue weighted by Gasteiger charge is 2.05. The minimum atomic E-state index is -0.400. The van der Waals surface area contributed by atoms with Crippen molar-refractivity contribution in [1.29, 1.82) is 0 Å². The van der Waals surface area contributed by atoms with Gasteiger partial charge in [0, 0.05) is 17.1 Å². The van der Waals surface area contributed by atoms with Gasteiger partial charge in [0.25, 0.3) is 0 Å². The van der Waals surface area contributed by atoms with Crippen LogP contribution in [0.1, 0.15) is 11.1 Å². The topological polar surface area (TPSA) is 35.2 Å². The minimum absolute atomic E-state index is 0.139. The van der Waals surface area contributed by atoms with Crippen LogP contribution < -0.4 is 10.5 Å². The Morgan fingerprint density at radius 1 is 1.00 bits per heavy atom. The molecule has 0 aliphatic carbocycles. The van der Waals surface area contributed by atoms with E-state index < -0.39 is 5.82 Å². The average molecular weight is 328 g/mol. The molecular formula is C14H12BrF2NO. The van der Waals surface area contributed by atoms with Crippen LogP contribution in [0.25, 0.3) is 0 Å². The number of rotatable bonds is 4. The van der Waals surface area contributed by atoms with Gasteiger partial charge < -0.3 is 10.5 Å². The van der Waals surface area contributed by atoms with Gasteiger partial charge in [-0.2, -0.15) is 0 Å². The second-order valence-corrected chi connectivity index (χ2v) is 4.93. The van der Waals surface area contributed by atoms with Gasteiger partial charge in [-0.3, -0.25) is 0 Å². The Morgan fingerprint density at radius 2 is 1.79 bits per heavy atom. The van der Waals surface area contributed by atoms with E-state index in [0.717, 1.165) is 5.56 Å². The van der Waals surface area contributed by atoms with Crippen LogP contribution >= 0.6 is 15.9 Å². The first-order chi connectivity index (χ1) is 9.08. The van der Waals surface area contributed by atoms with E-state index >= 15 is 0 Å². The van der Waals surface area contributed by atoms with Crippen molar-refractivity contribution in [2.75, 3.05) is 0 Å². The molecule has 19 heavy (non-hydrogen) atoms. The number of nitrogens with two attached hydrogens (primary N) is 1. The summed E-state index contributed by atoms with van der Waals surface area (Å²) in [5, 5.41) is 0. The summed E-state index contributed by atoms with van der Waals surface area (Å²) in [6.07, 6.45) is 0. The Kier molecular flexibility index (Phi) is 4.50. The molecule has 0 spiro atoms. The summed E-state index contributed by atoms with van der Waals surface area (Å²) in [5.41, 5.74) is 7.03. The van der Waals surface area contributed by atoms with Crippen molar-refractivity contribution in [2.45, 2.75) is 13.2 Å².